The van der Waals surface area contributed by atoms with Crippen LogP contribution in [-0.4, -0.2) is 19.3 Å². The number of carbonyl (C=O) groups is 1. The van der Waals surface area contributed by atoms with Gasteiger partial charge in [0.1, 0.15) is 0 Å². The lowest BCUT2D eigenvalue weighted by Gasteiger charge is -2.23. The van der Waals surface area contributed by atoms with E-state index in [0.717, 1.165) is 33.3 Å². The fourth-order valence-electron chi connectivity index (χ4n) is 2.27. The lowest BCUT2D eigenvalue weighted by Crippen LogP contribution is -2.33. The lowest BCUT2D eigenvalue weighted by molar-refractivity contribution is -0.193. The second-order valence-corrected chi connectivity index (χ2v) is 5.37. The maximum absolute atomic E-state index is 12.7. The highest BCUT2D eigenvalue weighted by Gasteiger charge is 2.44. The Morgan fingerprint density at radius 2 is 1.55 bits per heavy atom. The number of esters is 1. The van der Waals surface area contributed by atoms with Crippen molar-refractivity contribution < 1.29 is 22.7 Å². The number of rotatable bonds is 10. The molecule has 2 nitrogen and oxygen atoms in total. The minimum absolute atomic E-state index is 0.251. The molecule has 5 heteroatoms. The van der Waals surface area contributed by atoms with Crippen LogP contribution in [0.25, 0.3) is 0 Å². The quantitative estimate of drug-likeness (QED) is 0.413. The van der Waals surface area contributed by atoms with E-state index in [1.165, 1.54) is 19.3 Å². The molecule has 0 rings (SSSR count). The van der Waals surface area contributed by atoms with Crippen LogP contribution >= 0.6 is 0 Å². The largest absolute Gasteiger partial charge is 0.469 e. The molecule has 0 fully saturated rings. The van der Waals surface area contributed by atoms with E-state index in [4.69, 9.17) is 0 Å². The molecule has 0 N–H and O–H groups in total. The zero-order valence-electron chi connectivity index (χ0n) is 12.8. The van der Waals surface area contributed by atoms with E-state index in [1.54, 1.807) is 0 Å². The molecular formula is C15H27F3O2. The van der Waals surface area contributed by atoms with Gasteiger partial charge in [-0.05, 0) is 6.42 Å². The van der Waals surface area contributed by atoms with Gasteiger partial charge in [-0.1, -0.05) is 58.8 Å². The van der Waals surface area contributed by atoms with E-state index in [0.29, 0.717) is 6.42 Å². The van der Waals surface area contributed by atoms with Crippen LogP contribution in [0.2, 0.25) is 0 Å². The minimum Gasteiger partial charge on any atom is -0.469 e. The summed E-state index contributed by atoms with van der Waals surface area (Å²) in [5, 5.41) is 0. The molecule has 0 amide bonds. The Hall–Kier alpha value is -0.740. The fourth-order valence-corrected chi connectivity index (χ4v) is 2.27. The highest BCUT2D eigenvalue weighted by Crippen LogP contribution is 2.35. The summed E-state index contributed by atoms with van der Waals surface area (Å²) in [6.07, 6.45) is 3.12. The number of carbonyl (C=O) groups excluding carboxylic acids is 1. The van der Waals surface area contributed by atoms with Crippen LogP contribution in [0, 0.1) is 11.8 Å². The van der Waals surface area contributed by atoms with Gasteiger partial charge < -0.3 is 4.74 Å². The van der Waals surface area contributed by atoms with E-state index in [2.05, 4.69) is 11.7 Å². The molecule has 0 aliphatic rings. The normalized spacial score (nSPS) is 14.9. The Morgan fingerprint density at radius 1 is 1.05 bits per heavy atom. The van der Waals surface area contributed by atoms with Crippen molar-refractivity contribution in [1.29, 1.82) is 0 Å². The number of unbranched alkanes of at least 4 members (excludes halogenated alkanes) is 6. The predicted molar refractivity (Wildman–Crippen MR) is 73.3 cm³/mol. The van der Waals surface area contributed by atoms with Gasteiger partial charge in [0, 0.05) is 0 Å². The van der Waals surface area contributed by atoms with Crippen LogP contribution in [0.3, 0.4) is 0 Å². The third-order valence-electron chi connectivity index (χ3n) is 3.74. The van der Waals surface area contributed by atoms with Crippen molar-refractivity contribution >= 4 is 5.97 Å². The number of methoxy groups -OCH3 is 1. The summed E-state index contributed by atoms with van der Waals surface area (Å²) >= 11 is 0. The molecule has 0 saturated heterocycles. The molecule has 0 aromatic carbocycles. The second kappa shape index (κ2) is 10.1. The Labute approximate surface area is 120 Å². The third kappa shape index (κ3) is 7.75. The Bertz CT molecular complexity index is 264. The van der Waals surface area contributed by atoms with Crippen LogP contribution in [0.4, 0.5) is 13.2 Å². The van der Waals surface area contributed by atoms with Crippen molar-refractivity contribution in [2.75, 3.05) is 7.11 Å². The molecule has 0 saturated carbocycles. The predicted octanol–water partition coefficient (Wildman–Crippen LogP) is 5.11. The zero-order chi connectivity index (χ0) is 15.6. The van der Waals surface area contributed by atoms with Gasteiger partial charge >= 0.3 is 12.1 Å². The van der Waals surface area contributed by atoms with Gasteiger partial charge in [0.15, 0.2) is 0 Å². The molecule has 20 heavy (non-hydrogen) atoms. The molecule has 0 spiro atoms. The standard InChI is InChI=1S/C15H27F3O2/c1-4-5-6-7-8-9-10-11-13(14(19)20-3)12(2)15(16,17)18/h12-13H,4-11H2,1-3H3. The lowest BCUT2D eigenvalue weighted by atomic mass is 9.88. The van der Waals surface area contributed by atoms with Crippen LogP contribution in [-0.2, 0) is 9.53 Å². The monoisotopic (exact) mass is 296 g/mol. The molecule has 0 aromatic rings. The number of alkyl halides is 3. The van der Waals surface area contributed by atoms with Crippen molar-refractivity contribution in [1.82, 2.24) is 0 Å². The van der Waals surface area contributed by atoms with Crippen LogP contribution in [0.5, 0.6) is 0 Å². The number of hydrogen-bond donors (Lipinski definition) is 0. The Balaban J connectivity index is 4.10. The first kappa shape index (κ1) is 19.3. The first-order chi connectivity index (χ1) is 9.34. The van der Waals surface area contributed by atoms with Gasteiger partial charge in [-0.25, -0.2) is 0 Å². The van der Waals surface area contributed by atoms with Gasteiger partial charge in [-0.3, -0.25) is 4.79 Å². The Morgan fingerprint density at radius 3 is 2.00 bits per heavy atom. The first-order valence-corrected chi connectivity index (χ1v) is 7.49. The van der Waals surface area contributed by atoms with E-state index in [-0.39, 0.29) is 6.42 Å². The summed E-state index contributed by atoms with van der Waals surface area (Å²) in [4.78, 5) is 11.5. The molecule has 0 radical (unpaired) electrons. The third-order valence-corrected chi connectivity index (χ3v) is 3.74. The first-order valence-electron chi connectivity index (χ1n) is 7.49. The molecule has 2 unspecified atom stereocenters. The van der Waals surface area contributed by atoms with Crippen molar-refractivity contribution in [3.05, 3.63) is 0 Å². The smallest absolute Gasteiger partial charge is 0.392 e. The van der Waals surface area contributed by atoms with E-state index in [1.807, 2.05) is 0 Å². The average Bonchev–Trinajstić information content (AvgIpc) is 2.39. The van der Waals surface area contributed by atoms with E-state index < -0.39 is 24.0 Å². The number of ether oxygens (including phenoxy) is 1. The average molecular weight is 296 g/mol. The molecule has 2 atom stereocenters. The summed E-state index contributed by atoms with van der Waals surface area (Å²) in [6, 6.07) is 0. The highest BCUT2D eigenvalue weighted by atomic mass is 19.4. The minimum atomic E-state index is -4.35. The van der Waals surface area contributed by atoms with Crippen molar-refractivity contribution in [3.8, 4) is 0 Å². The van der Waals surface area contributed by atoms with E-state index >= 15 is 0 Å². The topological polar surface area (TPSA) is 26.3 Å². The summed E-state index contributed by atoms with van der Waals surface area (Å²) < 4.78 is 42.6. The van der Waals surface area contributed by atoms with Crippen molar-refractivity contribution in [3.63, 3.8) is 0 Å². The van der Waals surface area contributed by atoms with Crippen molar-refractivity contribution in [2.45, 2.75) is 71.4 Å². The fraction of sp³-hybridized carbons (Fsp3) is 0.933. The van der Waals surface area contributed by atoms with Gasteiger partial charge in [0.2, 0.25) is 0 Å². The summed E-state index contributed by atoms with van der Waals surface area (Å²) in [6.45, 7) is 3.20. The molecule has 0 aromatic heterocycles. The maximum Gasteiger partial charge on any atom is 0.392 e. The van der Waals surface area contributed by atoms with Crippen LogP contribution < -0.4 is 0 Å². The van der Waals surface area contributed by atoms with Gasteiger partial charge in [0.25, 0.3) is 0 Å². The summed E-state index contributed by atoms with van der Waals surface area (Å²) in [7, 11) is 1.14. The second-order valence-electron chi connectivity index (χ2n) is 5.37. The number of hydrogen-bond acceptors (Lipinski definition) is 2. The zero-order valence-corrected chi connectivity index (χ0v) is 12.8. The molecule has 0 bridgehead atoms. The maximum atomic E-state index is 12.7. The van der Waals surface area contributed by atoms with Gasteiger partial charge in [0.05, 0.1) is 18.9 Å². The van der Waals surface area contributed by atoms with Gasteiger partial charge in [-0.2, -0.15) is 13.2 Å². The van der Waals surface area contributed by atoms with E-state index in [9.17, 15) is 18.0 Å². The highest BCUT2D eigenvalue weighted by molar-refractivity contribution is 5.72. The van der Waals surface area contributed by atoms with Crippen molar-refractivity contribution in [2.24, 2.45) is 11.8 Å². The van der Waals surface area contributed by atoms with Crippen LogP contribution in [0.15, 0.2) is 0 Å². The SMILES string of the molecule is CCCCCCCCCC(C(=O)OC)C(C)C(F)(F)F. The summed E-state index contributed by atoms with van der Waals surface area (Å²) in [5.41, 5.74) is 0. The molecular weight excluding hydrogens is 269 g/mol. The number of halogens is 3. The molecule has 0 heterocycles. The summed E-state index contributed by atoms with van der Waals surface area (Å²) in [5.74, 6) is -3.47. The Kier molecular flexibility index (Phi) is 9.68. The van der Waals surface area contributed by atoms with Gasteiger partial charge in [-0.15, -0.1) is 0 Å². The molecule has 120 valence electrons. The molecule has 0 aliphatic heterocycles. The molecule has 0 aliphatic carbocycles. The van der Waals surface area contributed by atoms with Crippen LogP contribution in [0.1, 0.15) is 65.2 Å².